The van der Waals surface area contributed by atoms with Crippen molar-refractivity contribution >= 4 is 41.7 Å². The van der Waals surface area contributed by atoms with E-state index < -0.39 is 18.5 Å². The summed E-state index contributed by atoms with van der Waals surface area (Å²) in [6.07, 6.45) is -2.92. The molecule has 0 aliphatic carbocycles. The molecule has 0 aromatic rings. The lowest BCUT2D eigenvalue weighted by Gasteiger charge is -2.03. The number of rotatable bonds is 6. The normalized spacial score (nSPS) is 14.8. The van der Waals surface area contributed by atoms with Crippen molar-refractivity contribution < 1.29 is 53.0 Å². The van der Waals surface area contributed by atoms with Crippen LogP contribution in [0, 0.1) is 0 Å². The molecule has 1 atom stereocenters. The topological polar surface area (TPSA) is 147 Å². The van der Waals surface area contributed by atoms with E-state index in [1.807, 2.05) is 0 Å². The third kappa shape index (κ3) is 22.3. The molecule has 25 heavy (non-hydrogen) atoms. The fraction of sp³-hybridized carbons (Fsp3) is 0.750. The minimum Gasteiger partial charge on any atom is -0.450 e. The summed E-state index contributed by atoms with van der Waals surface area (Å²) in [7, 11) is 0. The zero-order chi connectivity index (χ0) is 19.5. The Hall–Kier alpha value is -1.69. The number of carbonyl (C=O) groups is 3. The van der Waals surface area contributed by atoms with Crippen molar-refractivity contribution in [3.05, 3.63) is 0 Å². The van der Waals surface area contributed by atoms with E-state index in [4.69, 9.17) is 38.2 Å². The summed E-state index contributed by atoms with van der Waals surface area (Å²) in [5.74, 6) is 0. The molecule has 0 spiro atoms. The number of carbonyl (C=O) groups excluding carboxylic acids is 1. The van der Waals surface area contributed by atoms with Crippen LogP contribution in [0.25, 0.3) is 0 Å². The van der Waals surface area contributed by atoms with Gasteiger partial charge in [-0.2, -0.15) is 0 Å². The highest BCUT2D eigenvalue weighted by Crippen LogP contribution is 2.07. The van der Waals surface area contributed by atoms with Gasteiger partial charge >= 0.3 is 18.5 Å². The minimum absolute atomic E-state index is 0.175. The monoisotopic (exact) mass is 410 g/mol. The van der Waals surface area contributed by atoms with Crippen LogP contribution < -0.4 is 0 Å². The van der Waals surface area contributed by atoms with Gasteiger partial charge in [0.15, 0.2) is 18.9 Å². The Morgan fingerprint density at radius 1 is 1.08 bits per heavy atom. The quantitative estimate of drug-likeness (QED) is 0.219. The molecule has 0 radical (unpaired) electrons. The zero-order valence-corrected chi connectivity index (χ0v) is 14.9. The number of halogens is 2. The smallest absolute Gasteiger partial charge is 0.450 e. The second-order valence-corrected chi connectivity index (χ2v) is 4.08. The maximum absolute atomic E-state index is 10.0. The van der Waals surface area contributed by atoms with E-state index in [0.717, 1.165) is 0 Å². The molecule has 0 saturated carbocycles. The summed E-state index contributed by atoms with van der Waals surface area (Å²) in [5, 5.41) is 15.9. The predicted octanol–water partition coefficient (Wildman–Crippen LogP) is 2.68. The average Bonchev–Trinajstić information content (AvgIpc) is 3.01. The van der Waals surface area contributed by atoms with Crippen molar-refractivity contribution in [2.24, 2.45) is 0 Å². The van der Waals surface area contributed by atoms with Crippen LogP contribution in [0.2, 0.25) is 0 Å². The van der Waals surface area contributed by atoms with E-state index in [9.17, 15) is 14.4 Å². The molecule has 0 amide bonds. The molecule has 13 heteroatoms. The fourth-order valence-electron chi connectivity index (χ4n) is 1.05. The lowest BCUT2D eigenvalue weighted by atomic mass is 10.3. The van der Waals surface area contributed by atoms with Crippen LogP contribution in [0.15, 0.2) is 0 Å². The molecule has 1 rings (SSSR count). The second kappa shape index (κ2) is 18.6. The summed E-state index contributed by atoms with van der Waals surface area (Å²) in [6.45, 7) is 3.06. The maximum atomic E-state index is 10.0. The van der Waals surface area contributed by atoms with E-state index in [1.54, 1.807) is 6.92 Å². The Balaban J connectivity index is 0. The van der Waals surface area contributed by atoms with Crippen molar-refractivity contribution in [1.29, 1.82) is 0 Å². The van der Waals surface area contributed by atoms with Crippen molar-refractivity contribution in [3.63, 3.8) is 0 Å². The summed E-state index contributed by atoms with van der Waals surface area (Å²) in [4.78, 5) is 29.5. The first-order chi connectivity index (χ1) is 11.9. The van der Waals surface area contributed by atoms with Gasteiger partial charge in [0.2, 0.25) is 0 Å². The van der Waals surface area contributed by atoms with Crippen LogP contribution in [0.1, 0.15) is 13.3 Å². The molecule has 0 bridgehead atoms. The molecular weight excluding hydrogens is 391 g/mol. The van der Waals surface area contributed by atoms with Crippen molar-refractivity contribution in [2.45, 2.75) is 19.4 Å². The third-order valence-corrected chi connectivity index (χ3v) is 2.19. The second-order valence-electron chi connectivity index (χ2n) is 3.65. The number of hydrogen-bond donors (Lipinski definition) is 2. The Morgan fingerprint density at radius 2 is 1.68 bits per heavy atom. The third-order valence-electron chi connectivity index (χ3n) is 1.97. The summed E-state index contributed by atoms with van der Waals surface area (Å²) in [5.41, 5.74) is 0. The van der Waals surface area contributed by atoms with Gasteiger partial charge in [-0.25, -0.2) is 14.4 Å². The molecule has 1 heterocycles. The van der Waals surface area contributed by atoms with E-state index in [2.05, 4.69) is 23.7 Å². The standard InChI is InChI=1S/C5H8O4.C4H8O4.C3H4Cl2O3/c6-5(7)9-4-1-2-8-3-4;1-2-7-3-8-4(5)6;4-1-7-3(6)8-2-5/h4H,1-3H2,(H,6,7);2-3H2,1H3,(H,5,6);1-2H2/t4-;;/m1../s1. The van der Waals surface area contributed by atoms with Gasteiger partial charge in [-0.1, -0.05) is 23.2 Å². The van der Waals surface area contributed by atoms with Crippen LogP contribution in [0.5, 0.6) is 0 Å². The van der Waals surface area contributed by atoms with Crippen LogP contribution in [0.4, 0.5) is 14.4 Å². The maximum Gasteiger partial charge on any atom is 0.510 e. The largest absolute Gasteiger partial charge is 0.510 e. The van der Waals surface area contributed by atoms with Gasteiger partial charge in [-0.15, -0.1) is 0 Å². The minimum atomic E-state index is -1.31. The summed E-state index contributed by atoms with van der Waals surface area (Å²) >= 11 is 9.93. The lowest BCUT2D eigenvalue weighted by Crippen LogP contribution is -2.15. The number of alkyl halides is 2. The highest BCUT2D eigenvalue weighted by molar-refractivity contribution is 6.18. The highest BCUT2D eigenvalue weighted by Gasteiger charge is 2.18. The summed E-state index contributed by atoms with van der Waals surface area (Å²) in [6, 6.07) is -0.425. The van der Waals surface area contributed by atoms with Gasteiger partial charge in [-0.3, -0.25) is 0 Å². The number of carboxylic acid groups (broad SMARTS) is 2. The van der Waals surface area contributed by atoms with Crippen LogP contribution in [-0.4, -0.2) is 73.5 Å². The summed E-state index contributed by atoms with van der Waals surface area (Å²) < 4.78 is 26.0. The fourth-order valence-corrected chi connectivity index (χ4v) is 1.23. The Bertz CT molecular complexity index is 353. The highest BCUT2D eigenvalue weighted by atomic mass is 35.5. The van der Waals surface area contributed by atoms with Crippen molar-refractivity contribution in [1.82, 2.24) is 0 Å². The Kier molecular flexibility index (Phi) is 19.1. The van der Waals surface area contributed by atoms with Crippen molar-refractivity contribution in [2.75, 3.05) is 38.7 Å². The average molecular weight is 411 g/mol. The first-order valence-electron chi connectivity index (χ1n) is 6.69. The van der Waals surface area contributed by atoms with E-state index in [0.29, 0.717) is 26.2 Å². The first kappa shape index (κ1) is 25.5. The molecule has 1 fully saturated rings. The molecule has 148 valence electrons. The van der Waals surface area contributed by atoms with E-state index >= 15 is 0 Å². The molecule has 1 aliphatic heterocycles. The molecular formula is C12H20Cl2O11. The molecule has 1 saturated heterocycles. The van der Waals surface area contributed by atoms with Gasteiger partial charge in [-0.05, 0) is 6.92 Å². The van der Waals surface area contributed by atoms with Crippen LogP contribution in [-0.2, 0) is 28.4 Å². The van der Waals surface area contributed by atoms with Crippen molar-refractivity contribution in [3.8, 4) is 0 Å². The van der Waals surface area contributed by atoms with Gasteiger partial charge in [0.1, 0.15) is 6.10 Å². The van der Waals surface area contributed by atoms with Crippen LogP contribution >= 0.6 is 23.2 Å². The molecule has 11 nitrogen and oxygen atoms in total. The van der Waals surface area contributed by atoms with Gasteiger partial charge < -0.3 is 38.6 Å². The molecule has 2 N–H and O–H groups in total. The van der Waals surface area contributed by atoms with Gasteiger partial charge in [0, 0.05) is 13.0 Å². The zero-order valence-electron chi connectivity index (χ0n) is 13.4. The van der Waals surface area contributed by atoms with Crippen LogP contribution in [0.3, 0.4) is 0 Å². The SMILES string of the molecule is CCOCOC(=O)O.O=C(O)O[C@@H]1CCOC1.O=C(OCCl)OCCl. The Labute approximate surface area is 153 Å². The first-order valence-corrected chi connectivity index (χ1v) is 7.76. The predicted molar refractivity (Wildman–Crippen MR) is 82.9 cm³/mol. The van der Waals surface area contributed by atoms with Gasteiger partial charge in [0.25, 0.3) is 0 Å². The van der Waals surface area contributed by atoms with E-state index in [-0.39, 0.29) is 25.0 Å². The Morgan fingerprint density at radius 3 is 2.04 bits per heavy atom. The molecule has 0 aromatic heterocycles. The number of hydrogen-bond acceptors (Lipinski definition) is 9. The molecule has 1 aliphatic rings. The molecule has 0 unspecified atom stereocenters. The molecule has 0 aromatic carbocycles. The number of ether oxygens (including phenoxy) is 6. The van der Waals surface area contributed by atoms with E-state index in [1.165, 1.54) is 0 Å². The van der Waals surface area contributed by atoms with Gasteiger partial charge in [0.05, 0.1) is 13.2 Å². The lowest BCUT2D eigenvalue weighted by molar-refractivity contribution is -0.0291.